The van der Waals surface area contributed by atoms with Crippen LogP contribution in [-0.2, 0) is 16.0 Å². The van der Waals surface area contributed by atoms with Gasteiger partial charge in [0.05, 0.1) is 13.2 Å². The van der Waals surface area contributed by atoms with Crippen molar-refractivity contribution in [2.75, 3.05) is 13.7 Å². The molecule has 2 amide bonds. The van der Waals surface area contributed by atoms with Crippen LogP contribution in [0.25, 0.3) is 10.9 Å². The molecule has 0 bridgehead atoms. The van der Waals surface area contributed by atoms with Crippen molar-refractivity contribution in [3.05, 3.63) is 65.4 Å². The van der Waals surface area contributed by atoms with Crippen LogP contribution in [0, 0.1) is 0 Å². The standard InChI is InChI=1S/C28H31N3O3/c1-34-20-14-12-18(13-15-20)27-26-22(21-10-6-7-11-23(21)29-26)16-24-28(33)30(17-25(32)31(24)27)19-8-4-2-3-5-9-19/h6-7,10-15,19,24,27,29H,2-5,8-9,16-17H2,1H3/t24-,27+/m0/s1. The van der Waals surface area contributed by atoms with Crippen LogP contribution in [0.3, 0.4) is 0 Å². The molecule has 1 saturated carbocycles. The van der Waals surface area contributed by atoms with Crippen LogP contribution >= 0.6 is 0 Å². The van der Waals surface area contributed by atoms with Crippen LogP contribution in [0.15, 0.2) is 48.5 Å². The lowest BCUT2D eigenvalue weighted by molar-refractivity contribution is -0.161. The third kappa shape index (κ3) is 3.39. The Morgan fingerprint density at radius 2 is 1.68 bits per heavy atom. The minimum atomic E-state index is -0.469. The van der Waals surface area contributed by atoms with Crippen molar-refractivity contribution in [2.45, 2.75) is 63.1 Å². The summed E-state index contributed by atoms with van der Waals surface area (Å²) in [6.07, 6.45) is 7.29. The van der Waals surface area contributed by atoms with Crippen LogP contribution in [0.1, 0.15) is 61.4 Å². The number of hydrogen-bond donors (Lipinski definition) is 1. The molecule has 1 aromatic heterocycles. The minimum absolute atomic E-state index is 0.0407. The highest BCUT2D eigenvalue weighted by atomic mass is 16.5. The van der Waals surface area contributed by atoms with Crippen LogP contribution < -0.4 is 4.74 Å². The third-order valence-electron chi connectivity index (χ3n) is 7.99. The van der Waals surface area contributed by atoms with Gasteiger partial charge in [-0.1, -0.05) is 56.0 Å². The van der Waals surface area contributed by atoms with Crippen molar-refractivity contribution in [3.63, 3.8) is 0 Å². The normalized spacial score (nSPS) is 23.6. The number of piperazine rings is 1. The summed E-state index contributed by atoms with van der Waals surface area (Å²) in [6, 6.07) is 15.5. The van der Waals surface area contributed by atoms with E-state index in [2.05, 4.69) is 17.1 Å². The van der Waals surface area contributed by atoms with Crippen LogP contribution in [0.2, 0.25) is 0 Å². The topological polar surface area (TPSA) is 65.6 Å². The number of para-hydroxylation sites is 1. The molecular weight excluding hydrogens is 426 g/mol. The zero-order valence-electron chi connectivity index (χ0n) is 19.6. The maximum atomic E-state index is 14.0. The van der Waals surface area contributed by atoms with Gasteiger partial charge in [-0.3, -0.25) is 9.59 Å². The lowest BCUT2D eigenvalue weighted by Crippen LogP contribution is -2.64. The van der Waals surface area contributed by atoms with Crippen LogP contribution in [0.4, 0.5) is 0 Å². The molecule has 1 N–H and O–H groups in total. The third-order valence-corrected chi connectivity index (χ3v) is 7.99. The number of benzene rings is 2. The van der Waals surface area contributed by atoms with Gasteiger partial charge in [-0.2, -0.15) is 0 Å². The van der Waals surface area contributed by atoms with Crippen molar-refractivity contribution >= 4 is 22.7 Å². The molecule has 3 aromatic rings. The van der Waals surface area contributed by atoms with Crippen molar-refractivity contribution in [1.29, 1.82) is 0 Å². The Labute approximate surface area is 199 Å². The van der Waals surface area contributed by atoms with E-state index in [9.17, 15) is 9.59 Å². The predicted molar refractivity (Wildman–Crippen MR) is 131 cm³/mol. The van der Waals surface area contributed by atoms with Crippen molar-refractivity contribution in [3.8, 4) is 5.75 Å². The monoisotopic (exact) mass is 457 g/mol. The highest BCUT2D eigenvalue weighted by molar-refractivity contribution is 5.97. The Morgan fingerprint density at radius 1 is 0.941 bits per heavy atom. The molecule has 0 unspecified atom stereocenters. The number of aromatic amines is 1. The van der Waals surface area contributed by atoms with E-state index in [1.807, 2.05) is 46.2 Å². The lowest BCUT2D eigenvalue weighted by atomic mass is 9.85. The van der Waals surface area contributed by atoms with Gasteiger partial charge in [-0.15, -0.1) is 0 Å². The van der Waals surface area contributed by atoms with Crippen molar-refractivity contribution in [2.24, 2.45) is 0 Å². The smallest absolute Gasteiger partial charge is 0.246 e. The van der Waals surface area contributed by atoms with Gasteiger partial charge >= 0.3 is 0 Å². The fourth-order valence-corrected chi connectivity index (χ4v) is 6.30. The summed E-state index contributed by atoms with van der Waals surface area (Å²) in [6.45, 7) is 0.183. The van der Waals surface area contributed by atoms with E-state index in [0.717, 1.165) is 59.2 Å². The number of hydrogen-bond acceptors (Lipinski definition) is 3. The van der Waals surface area contributed by atoms with Gasteiger partial charge in [0.15, 0.2) is 0 Å². The number of aromatic nitrogens is 1. The lowest BCUT2D eigenvalue weighted by Gasteiger charge is -2.48. The van der Waals surface area contributed by atoms with Gasteiger partial charge < -0.3 is 19.5 Å². The van der Waals surface area contributed by atoms with Gasteiger partial charge in [0.2, 0.25) is 11.8 Å². The minimum Gasteiger partial charge on any atom is -0.497 e. The van der Waals surface area contributed by atoms with Gasteiger partial charge in [-0.05, 0) is 42.2 Å². The van der Waals surface area contributed by atoms with E-state index in [0.29, 0.717) is 6.42 Å². The average molecular weight is 458 g/mol. The van der Waals surface area contributed by atoms with Crippen molar-refractivity contribution in [1.82, 2.24) is 14.8 Å². The number of rotatable bonds is 3. The summed E-state index contributed by atoms with van der Waals surface area (Å²) in [4.78, 5) is 35.1. The first-order valence-corrected chi connectivity index (χ1v) is 12.5. The Bertz CT molecular complexity index is 1220. The molecule has 6 rings (SSSR count). The molecule has 3 aliphatic rings. The summed E-state index contributed by atoms with van der Waals surface area (Å²) in [5.41, 5.74) is 4.21. The maximum Gasteiger partial charge on any atom is 0.246 e. The summed E-state index contributed by atoms with van der Waals surface area (Å²) in [7, 11) is 1.65. The van der Waals surface area contributed by atoms with Crippen LogP contribution in [-0.4, -0.2) is 52.3 Å². The molecule has 3 heterocycles. The molecule has 1 aliphatic carbocycles. The molecule has 34 heavy (non-hydrogen) atoms. The summed E-state index contributed by atoms with van der Waals surface area (Å²) in [5, 5.41) is 1.14. The van der Waals surface area contributed by atoms with E-state index >= 15 is 0 Å². The number of carbonyl (C=O) groups is 2. The second-order valence-electron chi connectivity index (χ2n) is 9.87. The fourth-order valence-electron chi connectivity index (χ4n) is 6.30. The molecule has 2 fully saturated rings. The number of amides is 2. The second-order valence-corrected chi connectivity index (χ2v) is 9.87. The van der Waals surface area contributed by atoms with Gasteiger partial charge in [0.1, 0.15) is 18.3 Å². The molecule has 2 atom stereocenters. The van der Waals surface area contributed by atoms with Crippen LogP contribution in [0.5, 0.6) is 5.75 Å². The van der Waals surface area contributed by atoms with E-state index in [-0.39, 0.29) is 30.4 Å². The fraction of sp³-hybridized carbons (Fsp3) is 0.429. The average Bonchev–Trinajstić information content (AvgIpc) is 3.03. The predicted octanol–water partition coefficient (Wildman–Crippen LogP) is 4.58. The zero-order valence-corrected chi connectivity index (χ0v) is 19.6. The second kappa shape index (κ2) is 8.49. The molecule has 2 aliphatic heterocycles. The number of nitrogens with one attached hydrogen (secondary N) is 1. The summed E-state index contributed by atoms with van der Waals surface area (Å²) in [5.74, 6) is 0.925. The van der Waals surface area contributed by atoms with Gasteiger partial charge in [0.25, 0.3) is 0 Å². The molecule has 1 saturated heterocycles. The number of fused-ring (bicyclic) bond motifs is 4. The Hall–Kier alpha value is -3.28. The number of methoxy groups -OCH3 is 1. The Morgan fingerprint density at radius 3 is 2.41 bits per heavy atom. The quantitative estimate of drug-likeness (QED) is 0.586. The molecule has 2 aromatic carbocycles. The molecule has 0 radical (unpaired) electrons. The Balaban J connectivity index is 1.45. The molecular formula is C28H31N3O3. The number of nitrogens with zero attached hydrogens (tertiary/aromatic N) is 2. The maximum absolute atomic E-state index is 14.0. The largest absolute Gasteiger partial charge is 0.497 e. The molecule has 6 nitrogen and oxygen atoms in total. The molecule has 6 heteroatoms. The molecule has 0 spiro atoms. The zero-order chi connectivity index (χ0) is 23.2. The number of H-pyrrole nitrogens is 1. The van der Waals surface area contributed by atoms with Gasteiger partial charge in [0, 0.05) is 29.1 Å². The van der Waals surface area contributed by atoms with E-state index < -0.39 is 6.04 Å². The summed E-state index contributed by atoms with van der Waals surface area (Å²) < 4.78 is 5.36. The van der Waals surface area contributed by atoms with Gasteiger partial charge in [-0.25, -0.2) is 0 Å². The van der Waals surface area contributed by atoms with E-state index in [1.54, 1.807) is 7.11 Å². The number of carbonyl (C=O) groups excluding carboxylic acids is 2. The highest BCUT2D eigenvalue weighted by Crippen LogP contribution is 2.43. The number of ether oxygens (including phenoxy) is 1. The van der Waals surface area contributed by atoms with E-state index in [4.69, 9.17) is 4.74 Å². The first-order chi connectivity index (χ1) is 16.7. The Kier molecular flexibility index (Phi) is 5.31. The highest BCUT2D eigenvalue weighted by Gasteiger charge is 2.49. The van der Waals surface area contributed by atoms with Crippen molar-refractivity contribution < 1.29 is 14.3 Å². The summed E-state index contributed by atoms with van der Waals surface area (Å²) >= 11 is 0. The van der Waals surface area contributed by atoms with E-state index in [1.165, 1.54) is 12.8 Å². The SMILES string of the molecule is COc1ccc([C@@H]2c3[nH]c4ccccc4c3C[C@H]3C(=O)N(C4CCCCCC4)CC(=O)N23)cc1. The molecule has 176 valence electrons. The first-order valence-electron chi connectivity index (χ1n) is 12.5. The first kappa shape index (κ1) is 21.3.